The molecule has 1 fully saturated rings. The fraction of sp³-hybridized carbons (Fsp3) is 0.462. The van der Waals surface area contributed by atoms with Gasteiger partial charge in [0.1, 0.15) is 0 Å². The van der Waals surface area contributed by atoms with Crippen molar-refractivity contribution in [2.45, 2.75) is 12.5 Å². The lowest BCUT2D eigenvalue weighted by Crippen LogP contribution is -2.39. The van der Waals surface area contributed by atoms with Crippen LogP contribution in [0.25, 0.3) is 0 Å². The topological polar surface area (TPSA) is 59.6 Å². The summed E-state index contributed by atoms with van der Waals surface area (Å²) in [6.07, 6.45) is 0.507. The van der Waals surface area contributed by atoms with E-state index in [1.54, 1.807) is 0 Å². The highest BCUT2D eigenvalue weighted by Crippen LogP contribution is 2.25. The third-order valence-electron chi connectivity index (χ3n) is 3.19. The molecule has 0 aliphatic carbocycles. The summed E-state index contributed by atoms with van der Waals surface area (Å²) in [5.41, 5.74) is 3.22. The molecule has 1 aromatic carbocycles. The molecule has 2 heterocycles. The number of benzene rings is 1. The lowest BCUT2D eigenvalue weighted by atomic mass is 10.1. The second-order valence-electron chi connectivity index (χ2n) is 4.47. The Labute approximate surface area is 118 Å². The average Bonchev–Trinajstić information content (AvgIpc) is 2.87. The van der Waals surface area contributed by atoms with Crippen LogP contribution in [0.3, 0.4) is 0 Å². The van der Waals surface area contributed by atoms with Crippen LogP contribution in [0.1, 0.15) is 5.56 Å². The standard InChI is InChI=1S/C13H16N2O3.ClH/c16-13(12-8-17-5-6-18-12)15-10-1-2-11-9(7-10)3-4-14-11;/h1-2,7,12,14H,3-6,8H2,(H,15,16);1H. The molecular formula is C13H17ClN2O3. The van der Waals surface area contributed by atoms with E-state index in [1.807, 2.05) is 18.2 Å². The van der Waals surface area contributed by atoms with E-state index in [-0.39, 0.29) is 18.3 Å². The first-order valence-corrected chi connectivity index (χ1v) is 6.20. The van der Waals surface area contributed by atoms with Crippen molar-refractivity contribution in [1.29, 1.82) is 0 Å². The van der Waals surface area contributed by atoms with E-state index >= 15 is 0 Å². The Morgan fingerprint density at radius 1 is 1.37 bits per heavy atom. The predicted molar refractivity (Wildman–Crippen MR) is 75.1 cm³/mol. The Morgan fingerprint density at radius 3 is 3.05 bits per heavy atom. The predicted octanol–water partition coefficient (Wildman–Crippen LogP) is 1.43. The zero-order valence-electron chi connectivity index (χ0n) is 10.5. The summed E-state index contributed by atoms with van der Waals surface area (Å²) in [5.74, 6) is -0.138. The van der Waals surface area contributed by atoms with Crippen molar-refractivity contribution in [3.8, 4) is 0 Å². The molecule has 0 radical (unpaired) electrons. The van der Waals surface area contributed by atoms with Gasteiger partial charge in [0.2, 0.25) is 0 Å². The fourth-order valence-corrected chi connectivity index (χ4v) is 2.24. The van der Waals surface area contributed by atoms with Crippen molar-refractivity contribution >= 4 is 29.7 Å². The molecule has 19 heavy (non-hydrogen) atoms. The Hall–Kier alpha value is -1.30. The first kappa shape index (κ1) is 14.1. The van der Waals surface area contributed by atoms with Gasteiger partial charge in [-0.1, -0.05) is 0 Å². The third-order valence-corrected chi connectivity index (χ3v) is 3.19. The molecule has 2 aliphatic heterocycles. The molecule has 0 spiro atoms. The molecule has 5 nitrogen and oxygen atoms in total. The molecule has 0 saturated carbocycles. The number of carbonyl (C=O) groups excluding carboxylic acids is 1. The molecule has 0 bridgehead atoms. The van der Waals surface area contributed by atoms with Gasteiger partial charge in [-0.3, -0.25) is 4.79 Å². The van der Waals surface area contributed by atoms with Crippen molar-refractivity contribution in [1.82, 2.24) is 0 Å². The molecule has 1 saturated heterocycles. The summed E-state index contributed by atoms with van der Waals surface area (Å²) in [6.45, 7) is 2.34. The summed E-state index contributed by atoms with van der Waals surface area (Å²) >= 11 is 0. The molecule has 3 rings (SSSR count). The van der Waals surface area contributed by atoms with E-state index in [1.165, 1.54) is 5.56 Å². The summed E-state index contributed by atoms with van der Waals surface area (Å²) in [4.78, 5) is 11.9. The number of nitrogens with one attached hydrogen (secondary N) is 2. The molecule has 2 aliphatic rings. The van der Waals surface area contributed by atoms with E-state index in [9.17, 15) is 4.79 Å². The SMILES string of the molecule is Cl.O=C(Nc1ccc2c(c1)CCN2)C1COCCO1. The minimum atomic E-state index is -0.495. The molecule has 1 atom stereocenters. The number of anilines is 2. The Morgan fingerprint density at radius 2 is 2.26 bits per heavy atom. The van der Waals surface area contributed by atoms with Gasteiger partial charge >= 0.3 is 0 Å². The van der Waals surface area contributed by atoms with Gasteiger partial charge in [0.15, 0.2) is 6.10 Å². The first-order valence-electron chi connectivity index (χ1n) is 6.20. The number of halogens is 1. The Kier molecular flexibility index (Phi) is 4.63. The second kappa shape index (κ2) is 6.23. The molecule has 1 unspecified atom stereocenters. The van der Waals surface area contributed by atoms with Crippen LogP contribution < -0.4 is 10.6 Å². The van der Waals surface area contributed by atoms with Gasteiger partial charge in [-0.2, -0.15) is 0 Å². The van der Waals surface area contributed by atoms with E-state index in [0.29, 0.717) is 19.8 Å². The van der Waals surface area contributed by atoms with Crippen LogP contribution in [0.2, 0.25) is 0 Å². The van der Waals surface area contributed by atoms with Crippen molar-refractivity contribution in [2.24, 2.45) is 0 Å². The number of fused-ring (bicyclic) bond motifs is 1. The number of rotatable bonds is 2. The van der Waals surface area contributed by atoms with Gasteiger partial charge < -0.3 is 20.1 Å². The van der Waals surface area contributed by atoms with Crippen LogP contribution in [0, 0.1) is 0 Å². The molecule has 0 aromatic heterocycles. The van der Waals surface area contributed by atoms with Crippen LogP contribution in [0.5, 0.6) is 0 Å². The lowest BCUT2D eigenvalue weighted by Gasteiger charge is -2.22. The fourth-order valence-electron chi connectivity index (χ4n) is 2.24. The van der Waals surface area contributed by atoms with Gasteiger partial charge in [0, 0.05) is 17.9 Å². The zero-order valence-corrected chi connectivity index (χ0v) is 11.3. The molecule has 1 amide bonds. The van der Waals surface area contributed by atoms with Crippen molar-refractivity contribution in [2.75, 3.05) is 37.0 Å². The van der Waals surface area contributed by atoms with Crippen molar-refractivity contribution in [3.05, 3.63) is 23.8 Å². The van der Waals surface area contributed by atoms with E-state index in [4.69, 9.17) is 9.47 Å². The van der Waals surface area contributed by atoms with Gasteiger partial charge in [0.25, 0.3) is 5.91 Å². The van der Waals surface area contributed by atoms with Gasteiger partial charge in [-0.15, -0.1) is 12.4 Å². The van der Waals surface area contributed by atoms with Crippen LogP contribution in [0.15, 0.2) is 18.2 Å². The minimum Gasteiger partial charge on any atom is -0.384 e. The maximum atomic E-state index is 11.9. The second-order valence-corrected chi connectivity index (χ2v) is 4.47. The number of hydrogen-bond acceptors (Lipinski definition) is 4. The maximum absolute atomic E-state index is 11.9. The highest BCUT2D eigenvalue weighted by Gasteiger charge is 2.23. The number of ether oxygens (including phenoxy) is 2. The monoisotopic (exact) mass is 284 g/mol. The Balaban J connectivity index is 0.00000133. The molecule has 6 heteroatoms. The number of hydrogen-bond donors (Lipinski definition) is 2. The summed E-state index contributed by atoms with van der Waals surface area (Å²) < 4.78 is 10.6. The van der Waals surface area contributed by atoms with Gasteiger partial charge in [-0.05, 0) is 30.2 Å². The highest BCUT2D eigenvalue weighted by molar-refractivity contribution is 5.94. The van der Waals surface area contributed by atoms with E-state index in [0.717, 1.165) is 24.3 Å². The summed E-state index contributed by atoms with van der Waals surface area (Å²) in [6, 6.07) is 5.91. The first-order chi connectivity index (χ1) is 8.83. The van der Waals surface area contributed by atoms with Crippen LogP contribution >= 0.6 is 12.4 Å². The Bertz CT molecular complexity index is 461. The largest absolute Gasteiger partial charge is 0.384 e. The normalized spacial score (nSPS) is 20.9. The zero-order chi connectivity index (χ0) is 12.4. The summed E-state index contributed by atoms with van der Waals surface area (Å²) in [5, 5.41) is 6.16. The smallest absolute Gasteiger partial charge is 0.255 e. The minimum absolute atomic E-state index is 0. The number of amides is 1. The lowest BCUT2D eigenvalue weighted by molar-refractivity contribution is -0.142. The van der Waals surface area contributed by atoms with Crippen LogP contribution in [-0.4, -0.2) is 38.4 Å². The van der Waals surface area contributed by atoms with Crippen molar-refractivity contribution in [3.63, 3.8) is 0 Å². The highest BCUT2D eigenvalue weighted by atomic mass is 35.5. The van der Waals surface area contributed by atoms with E-state index in [2.05, 4.69) is 10.6 Å². The maximum Gasteiger partial charge on any atom is 0.255 e. The molecule has 104 valence electrons. The quantitative estimate of drug-likeness (QED) is 0.863. The van der Waals surface area contributed by atoms with Crippen LogP contribution in [0.4, 0.5) is 11.4 Å². The van der Waals surface area contributed by atoms with E-state index < -0.39 is 6.10 Å². The van der Waals surface area contributed by atoms with Crippen LogP contribution in [-0.2, 0) is 20.7 Å². The summed E-state index contributed by atoms with van der Waals surface area (Å²) in [7, 11) is 0. The van der Waals surface area contributed by atoms with Gasteiger partial charge in [0.05, 0.1) is 19.8 Å². The molecular weight excluding hydrogens is 268 g/mol. The van der Waals surface area contributed by atoms with Gasteiger partial charge in [-0.25, -0.2) is 0 Å². The van der Waals surface area contributed by atoms with Crippen molar-refractivity contribution < 1.29 is 14.3 Å². The number of carbonyl (C=O) groups is 1. The molecule has 2 N–H and O–H groups in total. The average molecular weight is 285 g/mol. The molecule has 1 aromatic rings. The third kappa shape index (κ3) is 3.18.